The molecule has 0 saturated carbocycles. The monoisotopic (exact) mass is 334 g/mol. The molecule has 0 bridgehead atoms. The van der Waals surface area contributed by atoms with Crippen LogP contribution >= 0.6 is 35.8 Å². The summed E-state index contributed by atoms with van der Waals surface area (Å²) in [6.07, 6.45) is 2.22. The van der Waals surface area contributed by atoms with Gasteiger partial charge in [-0.1, -0.05) is 23.7 Å². The summed E-state index contributed by atoms with van der Waals surface area (Å²) in [7, 11) is 0. The third kappa shape index (κ3) is 6.35. The van der Waals surface area contributed by atoms with Gasteiger partial charge in [0, 0.05) is 23.4 Å². The molecule has 0 aliphatic carbocycles. The highest BCUT2D eigenvalue weighted by Crippen LogP contribution is 2.16. The van der Waals surface area contributed by atoms with Crippen molar-refractivity contribution in [2.75, 3.05) is 18.8 Å². The van der Waals surface area contributed by atoms with Crippen LogP contribution in [0.4, 0.5) is 0 Å². The van der Waals surface area contributed by atoms with E-state index in [-0.39, 0.29) is 18.3 Å². The van der Waals surface area contributed by atoms with Gasteiger partial charge in [-0.05, 0) is 37.1 Å². The predicted octanol–water partition coefficient (Wildman–Crippen LogP) is 2.86. The summed E-state index contributed by atoms with van der Waals surface area (Å²) < 4.78 is 0. The Balaban J connectivity index is 0.00000200. The summed E-state index contributed by atoms with van der Waals surface area (Å²) in [6, 6.07) is 8.07. The molecule has 6 heteroatoms. The van der Waals surface area contributed by atoms with Crippen LogP contribution in [-0.2, 0) is 10.5 Å². The van der Waals surface area contributed by atoms with Crippen molar-refractivity contribution in [1.29, 1.82) is 0 Å². The average Bonchev–Trinajstić information content (AvgIpc) is 2.40. The van der Waals surface area contributed by atoms with Crippen LogP contribution in [0.2, 0.25) is 5.02 Å². The van der Waals surface area contributed by atoms with Crippen molar-refractivity contribution >= 4 is 41.7 Å². The van der Waals surface area contributed by atoms with Crippen molar-refractivity contribution in [2.24, 2.45) is 0 Å². The second kappa shape index (κ2) is 9.50. The maximum atomic E-state index is 11.8. The van der Waals surface area contributed by atoms with Crippen LogP contribution in [0.15, 0.2) is 24.3 Å². The minimum atomic E-state index is 0. The Hall–Kier alpha value is -0.420. The summed E-state index contributed by atoms with van der Waals surface area (Å²) in [4.78, 5) is 11.8. The number of halogens is 2. The van der Waals surface area contributed by atoms with Gasteiger partial charge in [0.15, 0.2) is 0 Å². The number of carbonyl (C=O) groups excluding carboxylic acids is 1. The van der Waals surface area contributed by atoms with Gasteiger partial charge < -0.3 is 10.6 Å². The smallest absolute Gasteiger partial charge is 0.230 e. The van der Waals surface area contributed by atoms with Crippen molar-refractivity contribution < 1.29 is 4.79 Å². The molecule has 112 valence electrons. The lowest BCUT2D eigenvalue weighted by atomic mass is 10.1. The fraction of sp³-hybridized carbons (Fsp3) is 0.500. The Kier molecular flexibility index (Phi) is 8.38. The zero-order chi connectivity index (χ0) is 13.5. The number of thioether (sulfide) groups is 1. The molecular formula is C14H20Cl2N2OS. The molecule has 1 aliphatic heterocycles. The third-order valence-corrected chi connectivity index (χ3v) is 4.29. The molecule has 1 fully saturated rings. The van der Waals surface area contributed by atoms with Gasteiger partial charge in [-0.3, -0.25) is 4.79 Å². The average molecular weight is 335 g/mol. The molecule has 1 aliphatic rings. The Bertz CT molecular complexity index is 425. The zero-order valence-electron chi connectivity index (χ0n) is 11.2. The van der Waals surface area contributed by atoms with Crippen molar-refractivity contribution in [1.82, 2.24) is 10.6 Å². The van der Waals surface area contributed by atoms with Crippen molar-refractivity contribution in [3.8, 4) is 0 Å². The quantitative estimate of drug-likeness (QED) is 0.869. The number of hydrogen-bond acceptors (Lipinski definition) is 3. The van der Waals surface area contributed by atoms with E-state index in [1.165, 1.54) is 0 Å². The second-order valence-corrected chi connectivity index (χ2v) is 6.16. The molecule has 2 rings (SSSR count). The molecule has 0 aromatic heterocycles. The van der Waals surface area contributed by atoms with Crippen LogP contribution in [0.1, 0.15) is 18.4 Å². The number of nitrogens with one attached hydrogen (secondary N) is 2. The molecule has 0 unspecified atom stereocenters. The molecule has 3 nitrogen and oxygen atoms in total. The summed E-state index contributed by atoms with van der Waals surface area (Å²) in [5.41, 5.74) is 1.16. The third-order valence-electron chi connectivity index (χ3n) is 3.05. The Labute approximate surface area is 135 Å². The Morgan fingerprint density at radius 2 is 2.35 bits per heavy atom. The summed E-state index contributed by atoms with van der Waals surface area (Å²) in [5.74, 6) is 1.45. The lowest BCUT2D eigenvalue weighted by molar-refractivity contribution is -0.119. The molecule has 1 atom stereocenters. The minimum absolute atomic E-state index is 0. The van der Waals surface area contributed by atoms with E-state index >= 15 is 0 Å². The first-order valence-electron chi connectivity index (χ1n) is 6.56. The highest BCUT2D eigenvalue weighted by atomic mass is 35.5. The van der Waals surface area contributed by atoms with E-state index in [0.29, 0.717) is 11.8 Å². The fourth-order valence-corrected chi connectivity index (χ4v) is 3.13. The van der Waals surface area contributed by atoms with Crippen LogP contribution in [0.5, 0.6) is 0 Å². The van der Waals surface area contributed by atoms with Crippen molar-refractivity contribution in [3.63, 3.8) is 0 Å². The molecular weight excluding hydrogens is 315 g/mol. The number of rotatable bonds is 5. The SMILES string of the molecule is Cl.O=C(CSCc1cccc(Cl)c1)N[C@H]1CCCNC1. The largest absolute Gasteiger partial charge is 0.351 e. The number of benzene rings is 1. The normalized spacial score (nSPS) is 18.1. The van der Waals surface area contributed by atoms with Gasteiger partial charge in [-0.25, -0.2) is 0 Å². The zero-order valence-corrected chi connectivity index (χ0v) is 13.6. The standard InChI is InChI=1S/C14H19ClN2OS.ClH/c15-12-4-1-3-11(7-12)9-19-10-14(18)17-13-5-2-6-16-8-13;/h1,3-4,7,13,16H,2,5-6,8-10H2,(H,17,18);1H/t13-;/m0./s1. The highest BCUT2D eigenvalue weighted by Gasteiger charge is 2.14. The van der Waals surface area contributed by atoms with Crippen LogP contribution in [0.3, 0.4) is 0 Å². The number of piperidine rings is 1. The van der Waals surface area contributed by atoms with Gasteiger partial charge in [-0.15, -0.1) is 24.2 Å². The molecule has 1 amide bonds. The second-order valence-electron chi connectivity index (χ2n) is 4.73. The van der Waals surface area contributed by atoms with Crippen molar-refractivity contribution in [3.05, 3.63) is 34.9 Å². The highest BCUT2D eigenvalue weighted by molar-refractivity contribution is 7.99. The maximum Gasteiger partial charge on any atom is 0.230 e. The van der Waals surface area contributed by atoms with E-state index in [1.54, 1.807) is 11.8 Å². The number of amides is 1. The summed E-state index contributed by atoms with van der Waals surface area (Å²) in [6.45, 7) is 1.96. The first-order valence-corrected chi connectivity index (χ1v) is 8.09. The predicted molar refractivity (Wildman–Crippen MR) is 88.9 cm³/mol. The first kappa shape index (κ1) is 17.6. The lowest BCUT2D eigenvalue weighted by Crippen LogP contribution is -2.46. The molecule has 0 spiro atoms. The number of carbonyl (C=O) groups is 1. The molecule has 2 N–H and O–H groups in total. The number of hydrogen-bond donors (Lipinski definition) is 2. The van der Waals surface area contributed by atoms with Gasteiger partial charge in [-0.2, -0.15) is 0 Å². The van der Waals surface area contributed by atoms with Gasteiger partial charge in [0.25, 0.3) is 0 Å². The maximum absolute atomic E-state index is 11.8. The molecule has 1 saturated heterocycles. The van der Waals surface area contributed by atoms with Crippen LogP contribution in [0.25, 0.3) is 0 Å². The fourth-order valence-electron chi connectivity index (χ4n) is 2.13. The van der Waals surface area contributed by atoms with Crippen LogP contribution in [-0.4, -0.2) is 30.8 Å². The van der Waals surface area contributed by atoms with E-state index in [1.807, 2.05) is 24.3 Å². The van der Waals surface area contributed by atoms with Gasteiger partial charge in [0.2, 0.25) is 5.91 Å². The summed E-state index contributed by atoms with van der Waals surface area (Å²) in [5, 5.41) is 7.11. The van der Waals surface area contributed by atoms with Gasteiger partial charge >= 0.3 is 0 Å². The van der Waals surface area contributed by atoms with Crippen LogP contribution < -0.4 is 10.6 Å². The van der Waals surface area contributed by atoms with Gasteiger partial charge in [0.1, 0.15) is 0 Å². The first-order chi connectivity index (χ1) is 9.24. The van der Waals surface area contributed by atoms with E-state index < -0.39 is 0 Å². The van der Waals surface area contributed by atoms with E-state index in [4.69, 9.17) is 11.6 Å². The van der Waals surface area contributed by atoms with Crippen LogP contribution in [0, 0.1) is 0 Å². The van der Waals surface area contributed by atoms with E-state index in [9.17, 15) is 4.79 Å². The molecule has 1 heterocycles. The van der Waals surface area contributed by atoms with Gasteiger partial charge in [0.05, 0.1) is 5.75 Å². The molecule has 1 aromatic rings. The molecule has 0 radical (unpaired) electrons. The summed E-state index contributed by atoms with van der Waals surface area (Å²) >= 11 is 7.54. The molecule has 1 aromatic carbocycles. The Morgan fingerprint density at radius 1 is 1.50 bits per heavy atom. The Morgan fingerprint density at radius 3 is 3.05 bits per heavy atom. The molecule has 20 heavy (non-hydrogen) atoms. The topological polar surface area (TPSA) is 41.1 Å². The van der Waals surface area contributed by atoms with E-state index in [2.05, 4.69) is 10.6 Å². The van der Waals surface area contributed by atoms with E-state index in [0.717, 1.165) is 42.3 Å². The van der Waals surface area contributed by atoms with Crippen molar-refractivity contribution in [2.45, 2.75) is 24.6 Å². The minimum Gasteiger partial charge on any atom is -0.351 e. The lowest BCUT2D eigenvalue weighted by Gasteiger charge is -2.23.